The van der Waals surface area contributed by atoms with Crippen molar-refractivity contribution in [3.8, 4) is 0 Å². The zero-order chi connectivity index (χ0) is 13.8. The van der Waals surface area contributed by atoms with E-state index in [-0.39, 0.29) is 6.10 Å². The topological polar surface area (TPSA) is 30.0 Å². The third kappa shape index (κ3) is 6.85. The summed E-state index contributed by atoms with van der Waals surface area (Å²) in [6.07, 6.45) is 0.946. The van der Waals surface area contributed by atoms with Gasteiger partial charge in [0.2, 0.25) is 0 Å². The summed E-state index contributed by atoms with van der Waals surface area (Å²) in [5, 5.41) is 10.2. The SMILES string of the molecule is CN1CCN(CC(O)CN(C)C[Si](C)(C)C)CC1. The fourth-order valence-corrected chi connectivity index (χ4v) is 4.37. The molecule has 18 heavy (non-hydrogen) atoms. The van der Waals surface area contributed by atoms with Gasteiger partial charge >= 0.3 is 0 Å². The van der Waals surface area contributed by atoms with Gasteiger partial charge in [0.15, 0.2) is 0 Å². The number of aliphatic hydroxyl groups excluding tert-OH is 1. The molecule has 0 aromatic rings. The van der Waals surface area contributed by atoms with E-state index in [4.69, 9.17) is 0 Å². The number of piperazine rings is 1. The minimum atomic E-state index is -1.05. The van der Waals surface area contributed by atoms with Crippen molar-refractivity contribution in [2.24, 2.45) is 0 Å². The second kappa shape index (κ2) is 7.00. The summed E-state index contributed by atoms with van der Waals surface area (Å²) in [6.45, 7) is 13.2. The van der Waals surface area contributed by atoms with Crippen molar-refractivity contribution in [1.29, 1.82) is 0 Å². The molecule has 1 heterocycles. The highest BCUT2D eigenvalue weighted by molar-refractivity contribution is 6.76. The van der Waals surface area contributed by atoms with Gasteiger partial charge in [-0.05, 0) is 20.3 Å². The smallest absolute Gasteiger partial charge is 0.0793 e. The molecule has 4 nitrogen and oxygen atoms in total. The van der Waals surface area contributed by atoms with Crippen molar-refractivity contribution >= 4 is 8.07 Å². The van der Waals surface area contributed by atoms with Crippen LogP contribution in [0.25, 0.3) is 0 Å². The van der Waals surface area contributed by atoms with E-state index in [2.05, 4.69) is 48.4 Å². The number of β-amino-alcohol motifs (C(OH)–C–C–N with tert-alkyl or cyclic N) is 1. The molecule has 1 aliphatic heterocycles. The molecule has 0 aromatic carbocycles. The van der Waals surface area contributed by atoms with E-state index in [0.717, 1.165) is 45.4 Å². The number of nitrogens with zero attached hydrogens (tertiary/aromatic N) is 3. The van der Waals surface area contributed by atoms with Crippen LogP contribution in [0.4, 0.5) is 0 Å². The molecule has 1 saturated heterocycles. The van der Waals surface area contributed by atoms with E-state index >= 15 is 0 Å². The van der Waals surface area contributed by atoms with Gasteiger partial charge in [-0.25, -0.2) is 0 Å². The Morgan fingerprint density at radius 2 is 1.72 bits per heavy atom. The molecule has 1 atom stereocenters. The summed E-state index contributed by atoms with van der Waals surface area (Å²) in [6, 6.07) is 0. The average Bonchev–Trinajstić information content (AvgIpc) is 2.18. The van der Waals surface area contributed by atoms with Crippen LogP contribution < -0.4 is 0 Å². The fourth-order valence-electron chi connectivity index (χ4n) is 2.62. The number of hydrogen-bond donors (Lipinski definition) is 1. The fraction of sp³-hybridized carbons (Fsp3) is 1.00. The molecule has 1 unspecified atom stereocenters. The van der Waals surface area contributed by atoms with E-state index in [1.54, 1.807) is 0 Å². The van der Waals surface area contributed by atoms with Gasteiger partial charge in [-0.3, -0.25) is 4.90 Å². The summed E-state index contributed by atoms with van der Waals surface area (Å²) >= 11 is 0. The molecule has 0 spiro atoms. The van der Waals surface area contributed by atoms with Crippen molar-refractivity contribution in [2.75, 3.05) is 59.5 Å². The minimum Gasteiger partial charge on any atom is -0.390 e. The van der Waals surface area contributed by atoms with E-state index in [9.17, 15) is 5.11 Å². The number of hydrogen-bond acceptors (Lipinski definition) is 4. The van der Waals surface area contributed by atoms with Crippen molar-refractivity contribution in [3.05, 3.63) is 0 Å². The first-order valence-corrected chi connectivity index (χ1v) is 10.7. The van der Waals surface area contributed by atoms with Crippen LogP contribution in [-0.4, -0.2) is 93.5 Å². The molecule has 0 bridgehead atoms. The molecule has 108 valence electrons. The predicted molar refractivity (Wildman–Crippen MR) is 80.8 cm³/mol. The van der Waals surface area contributed by atoms with Crippen molar-refractivity contribution < 1.29 is 5.11 Å². The molecule has 0 aliphatic carbocycles. The van der Waals surface area contributed by atoms with Gasteiger partial charge in [0.05, 0.1) is 14.2 Å². The first kappa shape index (κ1) is 16.1. The third-order valence-corrected chi connectivity index (χ3v) is 4.82. The maximum atomic E-state index is 10.2. The average molecular weight is 273 g/mol. The second-order valence-corrected chi connectivity index (χ2v) is 12.5. The maximum Gasteiger partial charge on any atom is 0.0793 e. The molecule has 1 rings (SSSR count). The quantitative estimate of drug-likeness (QED) is 0.710. The summed E-state index contributed by atoms with van der Waals surface area (Å²) in [7, 11) is 3.24. The molecule has 0 saturated carbocycles. The summed E-state index contributed by atoms with van der Waals surface area (Å²) in [5.41, 5.74) is 0. The molecule has 1 aliphatic rings. The molecule has 5 heteroatoms. The Balaban J connectivity index is 2.22. The molecular weight excluding hydrogens is 242 g/mol. The molecule has 0 aromatic heterocycles. The molecule has 1 fully saturated rings. The van der Waals surface area contributed by atoms with Gasteiger partial charge in [0, 0.05) is 39.3 Å². The first-order chi connectivity index (χ1) is 8.26. The van der Waals surface area contributed by atoms with E-state index in [1.165, 1.54) is 0 Å². The van der Waals surface area contributed by atoms with Crippen LogP contribution in [0, 0.1) is 0 Å². The highest BCUT2D eigenvalue weighted by atomic mass is 28.3. The Morgan fingerprint density at radius 1 is 1.17 bits per heavy atom. The van der Waals surface area contributed by atoms with Crippen molar-refractivity contribution in [1.82, 2.24) is 14.7 Å². The second-order valence-electron chi connectivity index (χ2n) is 7.02. The highest BCUT2D eigenvalue weighted by Crippen LogP contribution is 2.05. The Labute approximate surface area is 114 Å². The first-order valence-electron chi connectivity index (χ1n) is 7.04. The van der Waals surface area contributed by atoms with E-state index < -0.39 is 8.07 Å². The lowest BCUT2D eigenvalue weighted by molar-refractivity contribution is 0.0637. The van der Waals surface area contributed by atoms with Gasteiger partial charge in [0.1, 0.15) is 0 Å². The lowest BCUT2D eigenvalue weighted by atomic mass is 10.2. The van der Waals surface area contributed by atoms with Crippen molar-refractivity contribution in [2.45, 2.75) is 25.7 Å². The summed E-state index contributed by atoms with van der Waals surface area (Å²) in [5.74, 6) is 0. The molecule has 0 radical (unpaired) electrons. The lowest BCUT2D eigenvalue weighted by Crippen LogP contribution is -2.49. The molecule has 0 amide bonds. The van der Waals surface area contributed by atoms with Crippen LogP contribution in [0.3, 0.4) is 0 Å². The zero-order valence-electron chi connectivity index (χ0n) is 12.8. The van der Waals surface area contributed by atoms with Crippen LogP contribution in [0.15, 0.2) is 0 Å². The minimum absolute atomic E-state index is 0.213. The Bertz CT molecular complexity index is 237. The number of rotatable bonds is 6. The molecule has 1 N–H and O–H groups in total. The normalized spacial score (nSPS) is 21.5. The Morgan fingerprint density at radius 3 is 2.22 bits per heavy atom. The van der Waals surface area contributed by atoms with Crippen LogP contribution in [0.1, 0.15) is 0 Å². The van der Waals surface area contributed by atoms with Gasteiger partial charge in [-0.2, -0.15) is 0 Å². The van der Waals surface area contributed by atoms with Gasteiger partial charge in [-0.1, -0.05) is 19.6 Å². The highest BCUT2D eigenvalue weighted by Gasteiger charge is 2.20. The monoisotopic (exact) mass is 273 g/mol. The van der Waals surface area contributed by atoms with Gasteiger partial charge in [0.25, 0.3) is 0 Å². The largest absolute Gasteiger partial charge is 0.390 e. The van der Waals surface area contributed by atoms with Crippen molar-refractivity contribution in [3.63, 3.8) is 0 Å². The Kier molecular flexibility index (Phi) is 6.27. The predicted octanol–water partition coefficient (Wildman–Crippen LogP) is 0.404. The number of aliphatic hydroxyl groups is 1. The van der Waals surface area contributed by atoms with Crippen LogP contribution in [-0.2, 0) is 0 Å². The van der Waals surface area contributed by atoms with Crippen LogP contribution in [0.2, 0.25) is 19.6 Å². The van der Waals surface area contributed by atoms with E-state index in [1.807, 2.05) is 0 Å². The lowest BCUT2D eigenvalue weighted by Gasteiger charge is -2.34. The van der Waals surface area contributed by atoms with Crippen LogP contribution in [0.5, 0.6) is 0 Å². The Hall–Kier alpha value is 0.0569. The maximum absolute atomic E-state index is 10.2. The van der Waals surface area contributed by atoms with Gasteiger partial charge < -0.3 is 14.9 Å². The molecular formula is C13H31N3OSi. The summed E-state index contributed by atoms with van der Waals surface area (Å²) < 4.78 is 0. The van der Waals surface area contributed by atoms with Gasteiger partial charge in [-0.15, -0.1) is 0 Å². The number of likely N-dealkylation sites (N-methyl/N-ethyl adjacent to an activating group) is 2. The zero-order valence-corrected chi connectivity index (χ0v) is 13.8. The third-order valence-electron chi connectivity index (χ3n) is 3.33. The standard InChI is InChI=1S/C13H31N3OSi/c1-14-6-8-16(9-7-14)11-13(17)10-15(2)12-18(3,4)5/h13,17H,6-12H2,1-5H3. The summed E-state index contributed by atoms with van der Waals surface area (Å²) in [4.78, 5) is 7.03. The van der Waals surface area contributed by atoms with E-state index in [0.29, 0.717) is 0 Å². The van der Waals surface area contributed by atoms with Crippen LogP contribution >= 0.6 is 0 Å².